The van der Waals surface area contributed by atoms with Gasteiger partial charge in [0.25, 0.3) is 0 Å². The molecule has 0 bridgehead atoms. The molecule has 1 saturated heterocycles. The summed E-state index contributed by atoms with van der Waals surface area (Å²) in [5, 5.41) is 1.00. The Bertz CT molecular complexity index is 1030. The van der Waals surface area contributed by atoms with Gasteiger partial charge in [-0.15, -0.1) is 0 Å². The fraction of sp³-hybridized carbons (Fsp3) is 0.261. The molecule has 1 aromatic heterocycles. The Morgan fingerprint density at radius 1 is 1.17 bits per heavy atom. The highest BCUT2D eigenvalue weighted by molar-refractivity contribution is 5.95. The van der Waals surface area contributed by atoms with Gasteiger partial charge in [-0.05, 0) is 49.7 Å². The van der Waals surface area contributed by atoms with Crippen molar-refractivity contribution in [3.05, 3.63) is 66.4 Å². The van der Waals surface area contributed by atoms with Gasteiger partial charge < -0.3 is 14.4 Å². The van der Waals surface area contributed by atoms with Crippen molar-refractivity contribution in [2.75, 3.05) is 18.1 Å². The maximum absolute atomic E-state index is 12.2. The number of anilines is 1. The second kappa shape index (κ2) is 8.31. The molecule has 1 amide bonds. The number of ether oxygens (including phenoxy) is 2. The van der Waals surface area contributed by atoms with Gasteiger partial charge in [-0.3, -0.25) is 9.78 Å². The van der Waals surface area contributed by atoms with E-state index in [9.17, 15) is 9.59 Å². The molecule has 1 aliphatic rings. The van der Waals surface area contributed by atoms with Gasteiger partial charge in [0.05, 0.1) is 5.52 Å². The molecule has 1 aliphatic heterocycles. The predicted molar refractivity (Wildman–Crippen MR) is 110 cm³/mol. The zero-order valence-electron chi connectivity index (χ0n) is 16.2. The Morgan fingerprint density at radius 2 is 1.97 bits per heavy atom. The van der Waals surface area contributed by atoms with Crippen molar-refractivity contribution >= 4 is 28.5 Å². The minimum Gasteiger partial charge on any atom is -0.482 e. The average molecular weight is 390 g/mol. The first kappa shape index (κ1) is 18.9. The predicted octanol–water partition coefficient (Wildman–Crippen LogP) is 4.04. The second-order valence-corrected chi connectivity index (χ2v) is 7.02. The van der Waals surface area contributed by atoms with Gasteiger partial charge in [-0.25, -0.2) is 4.79 Å². The van der Waals surface area contributed by atoms with Crippen molar-refractivity contribution in [2.24, 2.45) is 0 Å². The number of rotatable bonds is 6. The van der Waals surface area contributed by atoms with Crippen molar-refractivity contribution in [2.45, 2.75) is 25.9 Å². The van der Waals surface area contributed by atoms with Crippen LogP contribution in [-0.2, 0) is 14.3 Å². The fourth-order valence-corrected chi connectivity index (χ4v) is 3.40. The fourth-order valence-electron chi connectivity index (χ4n) is 3.40. The number of esters is 1. The molecule has 2 aromatic carbocycles. The van der Waals surface area contributed by atoms with Crippen LogP contribution in [0.15, 0.2) is 60.8 Å². The Hall–Kier alpha value is -3.41. The lowest BCUT2D eigenvalue weighted by atomic mass is 10.1. The summed E-state index contributed by atoms with van der Waals surface area (Å²) < 4.78 is 11.0. The number of aromatic nitrogens is 1. The van der Waals surface area contributed by atoms with Crippen molar-refractivity contribution in [3.63, 3.8) is 0 Å². The van der Waals surface area contributed by atoms with Gasteiger partial charge in [0.15, 0.2) is 6.61 Å². The second-order valence-electron chi connectivity index (χ2n) is 7.02. The molecule has 0 aliphatic carbocycles. The van der Waals surface area contributed by atoms with E-state index in [-0.39, 0.29) is 12.5 Å². The first-order valence-electron chi connectivity index (χ1n) is 9.67. The Balaban J connectivity index is 1.31. The van der Waals surface area contributed by atoms with Crippen molar-refractivity contribution in [1.29, 1.82) is 0 Å². The molecule has 0 spiro atoms. The van der Waals surface area contributed by atoms with E-state index < -0.39 is 12.1 Å². The largest absolute Gasteiger partial charge is 0.482 e. The number of para-hydroxylation sites is 1. The third-order valence-corrected chi connectivity index (χ3v) is 4.97. The standard InChI is InChI=1S/C23H22N2O4/c1-16(18-13-17-5-2-3-6-21(17)24-14-18)29-23(27)15-28-20-10-8-19(9-11-20)25-12-4-7-22(25)26/h2-3,5-6,8-11,13-14,16H,4,7,12,15H2,1H3. The van der Waals surface area contributed by atoms with Crippen LogP contribution in [0, 0.1) is 0 Å². The van der Waals surface area contributed by atoms with E-state index in [1.165, 1.54) is 0 Å². The molecular formula is C23H22N2O4. The number of hydrogen-bond acceptors (Lipinski definition) is 5. The highest BCUT2D eigenvalue weighted by Gasteiger charge is 2.21. The number of amides is 1. The van der Waals surface area contributed by atoms with Gasteiger partial charge in [-0.2, -0.15) is 0 Å². The van der Waals surface area contributed by atoms with Crippen LogP contribution < -0.4 is 9.64 Å². The van der Waals surface area contributed by atoms with E-state index in [1.54, 1.807) is 23.2 Å². The average Bonchev–Trinajstić information content (AvgIpc) is 3.18. The normalized spacial score (nSPS) is 14.8. The number of nitrogens with zero attached hydrogens (tertiary/aromatic N) is 2. The van der Waals surface area contributed by atoms with E-state index >= 15 is 0 Å². The van der Waals surface area contributed by atoms with Crippen LogP contribution >= 0.6 is 0 Å². The molecule has 2 heterocycles. The molecule has 3 aromatic rings. The molecule has 1 fully saturated rings. The molecule has 0 N–H and O–H groups in total. The number of pyridine rings is 1. The quantitative estimate of drug-likeness (QED) is 0.594. The van der Waals surface area contributed by atoms with Crippen molar-refractivity contribution in [1.82, 2.24) is 4.98 Å². The lowest BCUT2D eigenvalue weighted by Crippen LogP contribution is -2.23. The third kappa shape index (κ3) is 4.37. The molecule has 0 radical (unpaired) electrons. The lowest BCUT2D eigenvalue weighted by molar-refractivity contribution is -0.151. The molecular weight excluding hydrogens is 368 g/mol. The summed E-state index contributed by atoms with van der Waals surface area (Å²) in [4.78, 5) is 30.1. The number of carbonyl (C=O) groups is 2. The summed E-state index contributed by atoms with van der Waals surface area (Å²) >= 11 is 0. The lowest BCUT2D eigenvalue weighted by Gasteiger charge is -2.16. The first-order chi connectivity index (χ1) is 14.1. The minimum atomic E-state index is -0.454. The van der Waals surface area contributed by atoms with E-state index in [2.05, 4.69) is 4.98 Å². The molecule has 6 heteroatoms. The van der Waals surface area contributed by atoms with E-state index in [0.717, 1.165) is 35.1 Å². The molecule has 1 atom stereocenters. The molecule has 4 rings (SSSR count). The van der Waals surface area contributed by atoms with Crippen LogP contribution in [0.2, 0.25) is 0 Å². The minimum absolute atomic E-state index is 0.138. The van der Waals surface area contributed by atoms with Gasteiger partial charge in [-0.1, -0.05) is 18.2 Å². The summed E-state index contributed by atoms with van der Waals surface area (Å²) in [6.07, 6.45) is 2.77. The summed E-state index contributed by atoms with van der Waals surface area (Å²) in [6, 6.07) is 16.9. The number of fused-ring (bicyclic) bond motifs is 1. The summed E-state index contributed by atoms with van der Waals surface area (Å²) in [7, 11) is 0. The SMILES string of the molecule is CC(OC(=O)COc1ccc(N2CCCC2=O)cc1)c1cnc2ccccc2c1. The van der Waals surface area contributed by atoms with Gasteiger partial charge in [0.1, 0.15) is 11.9 Å². The van der Waals surface area contributed by atoms with Crippen LogP contribution in [0.3, 0.4) is 0 Å². The highest BCUT2D eigenvalue weighted by atomic mass is 16.6. The maximum Gasteiger partial charge on any atom is 0.344 e. The molecule has 0 saturated carbocycles. The molecule has 1 unspecified atom stereocenters. The van der Waals surface area contributed by atoms with Gasteiger partial charge in [0, 0.05) is 35.8 Å². The topological polar surface area (TPSA) is 68.7 Å². The van der Waals surface area contributed by atoms with Crippen LogP contribution in [0.4, 0.5) is 5.69 Å². The van der Waals surface area contributed by atoms with Crippen molar-refractivity contribution in [3.8, 4) is 5.75 Å². The Labute approximate surface area is 169 Å². The molecule has 29 heavy (non-hydrogen) atoms. The van der Waals surface area contributed by atoms with Gasteiger partial charge in [0.2, 0.25) is 5.91 Å². The third-order valence-electron chi connectivity index (χ3n) is 4.97. The Morgan fingerprint density at radius 3 is 2.72 bits per heavy atom. The van der Waals surface area contributed by atoms with Crippen LogP contribution in [0.25, 0.3) is 10.9 Å². The summed E-state index contributed by atoms with van der Waals surface area (Å²) in [5.74, 6) is 0.237. The molecule has 148 valence electrons. The number of benzene rings is 2. The van der Waals surface area contributed by atoms with Crippen LogP contribution in [-0.4, -0.2) is 30.0 Å². The highest BCUT2D eigenvalue weighted by Crippen LogP contribution is 2.24. The smallest absolute Gasteiger partial charge is 0.344 e. The van der Waals surface area contributed by atoms with Crippen LogP contribution in [0.5, 0.6) is 5.75 Å². The maximum atomic E-state index is 12.2. The van der Waals surface area contributed by atoms with E-state index in [0.29, 0.717) is 12.2 Å². The molecule has 6 nitrogen and oxygen atoms in total. The monoisotopic (exact) mass is 390 g/mol. The summed E-state index contributed by atoms with van der Waals surface area (Å²) in [6.45, 7) is 2.37. The number of carbonyl (C=O) groups excluding carboxylic acids is 2. The first-order valence-corrected chi connectivity index (χ1v) is 9.67. The van der Waals surface area contributed by atoms with Crippen molar-refractivity contribution < 1.29 is 19.1 Å². The number of hydrogen-bond donors (Lipinski definition) is 0. The zero-order chi connectivity index (χ0) is 20.2. The Kier molecular flexibility index (Phi) is 5.42. The summed E-state index contributed by atoms with van der Waals surface area (Å²) in [5.41, 5.74) is 2.58. The van der Waals surface area contributed by atoms with E-state index in [1.807, 2.05) is 49.4 Å². The van der Waals surface area contributed by atoms with E-state index in [4.69, 9.17) is 9.47 Å². The zero-order valence-corrected chi connectivity index (χ0v) is 16.2. The van der Waals surface area contributed by atoms with Crippen LogP contribution in [0.1, 0.15) is 31.4 Å². The van der Waals surface area contributed by atoms with Gasteiger partial charge >= 0.3 is 5.97 Å².